The first kappa shape index (κ1) is 16.1. The second-order valence-electron chi connectivity index (χ2n) is 6.07. The van der Waals surface area contributed by atoms with E-state index in [1.165, 1.54) is 18.1 Å². The number of pyridine rings is 1. The zero-order valence-electron chi connectivity index (χ0n) is 13.1. The van der Waals surface area contributed by atoms with E-state index in [-0.39, 0.29) is 12.2 Å². The molecule has 1 aromatic rings. The van der Waals surface area contributed by atoms with Crippen LogP contribution in [-0.2, 0) is 17.7 Å². The van der Waals surface area contributed by atoms with E-state index < -0.39 is 17.7 Å². The lowest BCUT2D eigenvalue weighted by Crippen LogP contribution is -2.40. The zero-order chi connectivity index (χ0) is 16.5. The molecule has 2 heterocycles. The van der Waals surface area contributed by atoms with Crippen molar-refractivity contribution in [3.05, 3.63) is 23.0 Å². The van der Waals surface area contributed by atoms with Crippen LogP contribution in [0.15, 0.2) is 6.07 Å². The predicted molar refractivity (Wildman–Crippen MR) is 75.5 cm³/mol. The third-order valence-corrected chi connectivity index (χ3v) is 3.22. The Balaban J connectivity index is 2.27. The van der Waals surface area contributed by atoms with E-state index >= 15 is 0 Å². The lowest BCUT2D eigenvalue weighted by molar-refractivity contribution is -0.255. The molecule has 0 N–H and O–H groups in total. The van der Waals surface area contributed by atoms with Gasteiger partial charge < -0.3 is 24.3 Å². The summed E-state index contributed by atoms with van der Waals surface area (Å²) in [5.74, 6) is -0.927. The molecular formula is C15H19N2O5-. The van der Waals surface area contributed by atoms with E-state index in [0.717, 1.165) is 5.56 Å². The molecule has 2 rings (SSSR count). The smallest absolute Gasteiger partial charge is 0.410 e. The van der Waals surface area contributed by atoms with Crippen molar-refractivity contribution in [2.45, 2.75) is 39.3 Å². The number of carboxylic acids is 1. The third-order valence-electron chi connectivity index (χ3n) is 3.22. The summed E-state index contributed by atoms with van der Waals surface area (Å²) in [5.41, 5.74) is 0.514. The van der Waals surface area contributed by atoms with Gasteiger partial charge in [0, 0.05) is 18.2 Å². The van der Waals surface area contributed by atoms with Crippen molar-refractivity contribution in [1.29, 1.82) is 0 Å². The maximum Gasteiger partial charge on any atom is 0.410 e. The molecule has 0 unspecified atom stereocenters. The minimum Gasteiger partial charge on any atom is -0.543 e. The average Bonchev–Trinajstić information content (AvgIpc) is 2.43. The number of rotatable bonds is 2. The highest BCUT2D eigenvalue weighted by Crippen LogP contribution is 2.28. The molecule has 0 bridgehead atoms. The molecule has 7 heteroatoms. The van der Waals surface area contributed by atoms with Crippen molar-refractivity contribution in [3.8, 4) is 5.75 Å². The van der Waals surface area contributed by atoms with Crippen LogP contribution >= 0.6 is 0 Å². The van der Waals surface area contributed by atoms with Crippen LogP contribution in [0.4, 0.5) is 4.79 Å². The summed E-state index contributed by atoms with van der Waals surface area (Å²) in [6.45, 7) is 6.02. The van der Waals surface area contributed by atoms with Gasteiger partial charge in [-0.3, -0.25) is 0 Å². The zero-order valence-corrected chi connectivity index (χ0v) is 13.1. The van der Waals surface area contributed by atoms with Gasteiger partial charge in [0.1, 0.15) is 11.4 Å². The molecule has 1 amide bonds. The second-order valence-corrected chi connectivity index (χ2v) is 6.07. The molecule has 1 aliphatic rings. The highest BCUT2D eigenvalue weighted by Gasteiger charge is 2.28. The Bertz CT molecular complexity index is 607. The van der Waals surface area contributed by atoms with Gasteiger partial charge in [0.25, 0.3) is 0 Å². The molecule has 1 aromatic heterocycles. The highest BCUT2D eigenvalue weighted by molar-refractivity contribution is 5.84. The van der Waals surface area contributed by atoms with Crippen LogP contribution in [0, 0.1) is 0 Å². The SMILES string of the molecule is COc1cc(C(=O)[O-])nc2c1CCN(C(=O)OC(C)(C)C)C2. The lowest BCUT2D eigenvalue weighted by Gasteiger charge is -2.31. The van der Waals surface area contributed by atoms with Crippen LogP contribution in [0.5, 0.6) is 5.75 Å². The number of methoxy groups -OCH3 is 1. The van der Waals surface area contributed by atoms with E-state index in [1.54, 1.807) is 20.8 Å². The maximum absolute atomic E-state index is 12.1. The lowest BCUT2D eigenvalue weighted by atomic mass is 10.0. The summed E-state index contributed by atoms with van der Waals surface area (Å²) in [4.78, 5) is 28.7. The first-order chi connectivity index (χ1) is 10.2. The van der Waals surface area contributed by atoms with Crippen molar-refractivity contribution >= 4 is 12.1 Å². The summed E-state index contributed by atoms with van der Waals surface area (Å²) >= 11 is 0. The number of aromatic nitrogens is 1. The van der Waals surface area contributed by atoms with E-state index in [1.807, 2.05) is 0 Å². The summed E-state index contributed by atoms with van der Waals surface area (Å²) in [6.07, 6.45) is 0.0794. The number of carbonyl (C=O) groups excluding carboxylic acids is 2. The molecule has 1 aliphatic heterocycles. The summed E-state index contributed by atoms with van der Waals surface area (Å²) < 4.78 is 10.5. The number of carboxylic acid groups (broad SMARTS) is 1. The van der Waals surface area contributed by atoms with Gasteiger partial charge in [-0.2, -0.15) is 0 Å². The molecule has 7 nitrogen and oxygen atoms in total. The molecule has 0 saturated carbocycles. The largest absolute Gasteiger partial charge is 0.543 e. The fraction of sp³-hybridized carbons (Fsp3) is 0.533. The Hall–Kier alpha value is -2.31. The summed E-state index contributed by atoms with van der Waals surface area (Å²) in [6, 6.07) is 1.34. The van der Waals surface area contributed by atoms with Gasteiger partial charge in [-0.15, -0.1) is 0 Å². The molecule has 0 aliphatic carbocycles. The summed E-state index contributed by atoms with van der Waals surface area (Å²) in [7, 11) is 1.47. The van der Waals surface area contributed by atoms with Crippen molar-refractivity contribution in [3.63, 3.8) is 0 Å². The molecule has 0 radical (unpaired) electrons. The number of fused-ring (bicyclic) bond motifs is 1. The van der Waals surface area contributed by atoms with Crippen molar-refractivity contribution in [1.82, 2.24) is 9.88 Å². The quantitative estimate of drug-likeness (QED) is 0.800. The fourth-order valence-electron chi connectivity index (χ4n) is 2.27. The molecule has 0 saturated heterocycles. The average molecular weight is 307 g/mol. The molecule has 0 spiro atoms. The number of carbonyl (C=O) groups is 2. The van der Waals surface area contributed by atoms with Gasteiger partial charge in [0.2, 0.25) is 0 Å². The molecule has 0 atom stereocenters. The number of aromatic carboxylic acids is 1. The number of amides is 1. The van der Waals surface area contributed by atoms with Crippen molar-refractivity contribution in [2.24, 2.45) is 0 Å². The first-order valence-corrected chi connectivity index (χ1v) is 6.97. The topological polar surface area (TPSA) is 91.8 Å². The van der Waals surface area contributed by atoms with E-state index in [4.69, 9.17) is 9.47 Å². The van der Waals surface area contributed by atoms with E-state index in [2.05, 4.69) is 4.98 Å². The fourth-order valence-corrected chi connectivity index (χ4v) is 2.27. The van der Waals surface area contributed by atoms with Crippen LogP contribution in [0.1, 0.15) is 42.5 Å². The van der Waals surface area contributed by atoms with Crippen LogP contribution in [0.3, 0.4) is 0 Å². The van der Waals surface area contributed by atoms with Crippen molar-refractivity contribution in [2.75, 3.05) is 13.7 Å². The van der Waals surface area contributed by atoms with E-state index in [9.17, 15) is 14.7 Å². The monoisotopic (exact) mass is 307 g/mol. The Morgan fingerprint density at radius 2 is 2.05 bits per heavy atom. The van der Waals surface area contributed by atoms with Crippen LogP contribution < -0.4 is 9.84 Å². The Labute approximate surface area is 128 Å². The maximum atomic E-state index is 12.1. The van der Waals surface area contributed by atoms with Gasteiger partial charge in [-0.05, 0) is 27.2 Å². The molecule has 0 fully saturated rings. The van der Waals surface area contributed by atoms with Gasteiger partial charge in [0.15, 0.2) is 0 Å². The minimum absolute atomic E-state index is 0.182. The number of nitrogens with zero attached hydrogens (tertiary/aromatic N) is 2. The second kappa shape index (κ2) is 5.82. The van der Waals surface area contributed by atoms with Gasteiger partial charge in [-0.25, -0.2) is 9.78 Å². The Kier molecular flexibility index (Phi) is 4.25. The van der Waals surface area contributed by atoms with Crippen LogP contribution in [0.2, 0.25) is 0 Å². The standard InChI is InChI=1S/C15H20N2O5/c1-15(2,3)22-14(20)17-6-5-9-11(8-17)16-10(13(18)19)7-12(9)21-4/h7H,5-6,8H2,1-4H3,(H,18,19)/p-1. The van der Waals surface area contributed by atoms with Crippen LogP contribution in [-0.4, -0.2) is 41.2 Å². The minimum atomic E-state index is -1.38. The number of ether oxygens (including phenoxy) is 2. The van der Waals surface area contributed by atoms with Gasteiger partial charge in [0.05, 0.1) is 31.0 Å². The van der Waals surface area contributed by atoms with E-state index in [0.29, 0.717) is 24.4 Å². The highest BCUT2D eigenvalue weighted by atomic mass is 16.6. The number of hydrogen-bond donors (Lipinski definition) is 0. The number of hydrogen-bond acceptors (Lipinski definition) is 6. The summed E-state index contributed by atoms with van der Waals surface area (Å²) in [5, 5.41) is 11.0. The van der Waals surface area contributed by atoms with Gasteiger partial charge in [-0.1, -0.05) is 0 Å². The van der Waals surface area contributed by atoms with Crippen LogP contribution in [0.25, 0.3) is 0 Å². The van der Waals surface area contributed by atoms with Crippen molar-refractivity contribution < 1.29 is 24.2 Å². The molecule has 120 valence electrons. The van der Waals surface area contributed by atoms with Gasteiger partial charge >= 0.3 is 6.09 Å². The Morgan fingerprint density at radius 3 is 2.59 bits per heavy atom. The Morgan fingerprint density at radius 1 is 1.36 bits per heavy atom. The normalized spacial score (nSPS) is 14.3. The third kappa shape index (κ3) is 3.47. The first-order valence-electron chi connectivity index (χ1n) is 6.97. The molecule has 0 aromatic carbocycles. The molecular weight excluding hydrogens is 288 g/mol. The molecule has 22 heavy (non-hydrogen) atoms. The predicted octanol–water partition coefficient (Wildman–Crippen LogP) is 0.747.